The molecule has 1 N–H and O–H groups in total. The average Bonchev–Trinajstić information content (AvgIpc) is 3.17. The number of pyridine rings is 1. The average molecular weight is 439 g/mol. The molecule has 2 unspecified atom stereocenters. The van der Waals surface area contributed by atoms with Gasteiger partial charge in [0, 0.05) is 48.8 Å². The number of nitrogens with zero attached hydrogens (tertiary/aromatic N) is 3. The van der Waals surface area contributed by atoms with Crippen molar-refractivity contribution in [3.05, 3.63) is 65.1 Å². The van der Waals surface area contributed by atoms with Crippen LogP contribution in [0.15, 0.2) is 41.1 Å². The lowest BCUT2D eigenvalue weighted by molar-refractivity contribution is -0.00523. The highest BCUT2D eigenvalue weighted by Crippen LogP contribution is 2.32. The summed E-state index contributed by atoms with van der Waals surface area (Å²) >= 11 is 0. The van der Waals surface area contributed by atoms with Gasteiger partial charge in [0.15, 0.2) is 5.69 Å². The van der Waals surface area contributed by atoms with Gasteiger partial charge in [-0.25, -0.2) is 4.39 Å². The number of hydrogen-bond acceptors (Lipinski definition) is 6. The Kier molecular flexibility index (Phi) is 6.23. The summed E-state index contributed by atoms with van der Waals surface area (Å²) in [6.07, 6.45) is 1.75. The maximum absolute atomic E-state index is 15.5. The second kappa shape index (κ2) is 9.08. The number of carbonyl (C=O) groups excluding carboxylic acids is 1. The van der Waals surface area contributed by atoms with Crippen LogP contribution in [0.3, 0.4) is 0 Å². The second-order valence-electron chi connectivity index (χ2n) is 8.32. The van der Waals surface area contributed by atoms with E-state index in [1.54, 1.807) is 31.3 Å². The first-order valence-electron chi connectivity index (χ1n) is 10.7. The third kappa shape index (κ3) is 4.80. The van der Waals surface area contributed by atoms with E-state index in [1.165, 1.54) is 0 Å². The van der Waals surface area contributed by atoms with E-state index in [2.05, 4.69) is 20.4 Å². The molecule has 0 aliphatic carbocycles. The van der Waals surface area contributed by atoms with Crippen LogP contribution in [-0.2, 0) is 11.3 Å². The van der Waals surface area contributed by atoms with E-state index in [4.69, 9.17) is 9.26 Å². The Labute approximate surface area is 186 Å². The van der Waals surface area contributed by atoms with E-state index >= 15 is 4.39 Å². The first-order valence-corrected chi connectivity index (χ1v) is 10.7. The van der Waals surface area contributed by atoms with Crippen molar-refractivity contribution >= 4 is 11.6 Å². The molecule has 1 aliphatic heterocycles. The summed E-state index contributed by atoms with van der Waals surface area (Å²) in [6, 6.07) is 8.67. The summed E-state index contributed by atoms with van der Waals surface area (Å²) in [4.78, 5) is 18.9. The Morgan fingerprint density at radius 3 is 2.59 bits per heavy atom. The Morgan fingerprint density at radius 2 is 1.94 bits per heavy atom. The van der Waals surface area contributed by atoms with Crippen LogP contribution in [-0.4, -0.2) is 41.3 Å². The van der Waals surface area contributed by atoms with Crippen molar-refractivity contribution in [3.63, 3.8) is 0 Å². The van der Waals surface area contributed by atoms with Crippen LogP contribution in [0.5, 0.6) is 0 Å². The number of anilines is 1. The monoisotopic (exact) mass is 438 g/mol. The van der Waals surface area contributed by atoms with Gasteiger partial charge in [-0.15, -0.1) is 0 Å². The second-order valence-corrected chi connectivity index (χ2v) is 8.32. The molecular formula is C24H27FN4O3. The first kappa shape index (κ1) is 22.0. The van der Waals surface area contributed by atoms with E-state index in [1.807, 2.05) is 32.9 Å². The maximum atomic E-state index is 15.5. The molecule has 2 atom stereocenters. The van der Waals surface area contributed by atoms with Gasteiger partial charge in [-0.2, -0.15) is 0 Å². The summed E-state index contributed by atoms with van der Waals surface area (Å²) in [6.45, 7) is 9.07. The van der Waals surface area contributed by atoms with Gasteiger partial charge in [0.1, 0.15) is 11.6 Å². The molecule has 0 saturated carbocycles. The van der Waals surface area contributed by atoms with Gasteiger partial charge in [-0.3, -0.25) is 9.78 Å². The number of carbonyl (C=O) groups is 1. The molecule has 1 aliphatic rings. The lowest BCUT2D eigenvalue weighted by Crippen LogP contribution is -2.45. The topological polar surface area (TPSA) is 80.5 Å². The van der Waals surface area contributed by atoms with Gasteiger partial charge in [0.05, 0.1) is 12.2 Å². The fourth-order valence-corrected chi connectivity index (χ4v) is 4.12. The third-order valence-corrected chi connectivity index (χ3v) is 5.43. The molecule has 7 nitrogen and oxygen atoms in total. The fraction of sp³-hybridized carbons (Fsp3) is 0.375. The van der Waals surface area contributed by atoms with Crippen LogP contribution < -0.4 is 10.2 Å². The van der Waals surface area contributed by atoms with E-state index < -0.39 is 0 Å². The number of ether oxygens (including phenoxy) is 1. The summed E-state index contributed by atoms with van der Waals surface area (Å²) in [5.74, 6) is -0.175. The lowest BCUT2D eigenvalue weighted by atomic mass is 9.97. The molecular weight excluding hydrogens is 411 g/mol. The van der Waals surface area contributed by atoms with E-state index in [-0.39, 0.29) is 36.2 Å². The van der Waals surface area contributed by atoms with Crippen molar-refractivity contribution < 1.29 is 18.4 Å². The molecule has 4 rings (SSSR count). The van der Waals surface area contributed by atoms with E-state index in [0.29, 0.717) is 35.5 Å². The molecule has 0 radical (unpaired) electrons. The van der Waals surface area contributed by atoms with Crippen LogP contribution in [0, 0.1) is 19.7 Å². The molecule has 1 saturated heterocycles. The van der Waals surface area contributed by atoms with Crippen molar-refractivity contribution in [1.29, 1.82) is 0 Å². The molecule has 8 heteroatoms. The molecule has 0 spiro atoms. The predicted molar refractivity (Wildman–Crippen MR) is 119 cm³/mol. The minimum atomic E-state index is -0.377. The van der Waals surface area contributed by atoms with Crippen molar-refractivity contribution in [3.8, 4) is 11.1 Å². The number of morpholine rings is 1. The van der Waals surface area contributed by atoms with Gasteiger partial charge in [-0.05, 0) is 63.1 Å². The standard InChI is InChI=1S/C24H27FN4O3/c1-14-7-18(5-6-26-14)23-19(11-27-24(30)22-8-15(2)32-28-22)9-20(10-21(23)25)29-12-16(3)31-17(4)13-29/h5-10,16-17H,11-13H2,1-4H3,(H,27,30). The minimum absolute atomic E-state index is 0.0443. The molecule has 3 aromatic rings. The molecule has 168 valence electrons. The smallest absolute Gasteiger partial charge is 0.273 e. The summed E-state index contributed by atoms with van der Waals surface area (Å²) < 4.78 is 26.3. The van der Waals surface area contributed by atoms with Crippen molar-refractivity contribution in [1.82, 2.24) is 15.5 Å². The molecule has 1 fully saturated rings. The zero-order chi connectivity index (χ0) is 22.8. The van der Waals surface area contributed by atoms with Gasteiger partial charge >= 0.3 is 0 Å². The zero-order valence-corrected chi connectivity index (χ0v) is 18.7. The Hall–Kier alpha value is -3.26. The highest BCUT2D eigenvalue weighted by atomic mass is 19.1. The largest absolute Gasteiger partial charge is 0.372 e. The highest BCUT2D eigenvalue weighted by Gasteiger charge is 2.25. The highest BCUT2D eigenvalue weighted by molar-refractivity contribution is 5.92. The number of nitrogens with one attached hydrogen (secondary N) is 1. The Bertz CT molecular complexity index is 1120. The molecule has 2 aromatic heterocycles. The third-order valence-electron chi connectivity index (χ3n) is 5.43. The molecule has 1 aromatic carbocycles. The van der Waals surface area contributed by atoms with Crippen molar-refractivity contribution in [2.45, 2.75) is 46.4 Å². The van der Waals surface area contributed by atoms with Crippen LogP contribution in [0.4, 0.5) is 10.1 Å². The van der Waals surface area contributed by atoms with Gasteiger partial charge in [0.2, 0.25) is 0 Å². The van der Waals surface area contributed by atoms with Crippen molar-refractivity contribution in [2.24, 2.45) is 0 Å². The van der Waals surface area contributed by atoms with E-state index in [0.717, 1.165) is 11.4 Å². The van der Waals surface area contributed by atoms with Crippen LogP contribution in [0.2, 0.25) is 0 Å². The van der Waals surface area contributed by atoms with Crippen LogP contribution in [0.1, 0.15) is 41.4 Å². The molecule has 3 heterocycles. The number of amides is 1. The van der Waals surface area contributed by atoms with Crippen LogP contribution in [0.25, 0.3) is 11.1 Å². The lowest BCUT2D eigenvalue weighted by Gasteiger charge is -2.37. The minimum Gasteiger partial charge on any atom is -0.372 e. The fourth-order valence-electron chi connectivity index (χ4n) is 4.12. The quantitative estimate of drug-likeness (QED) is 0.648. The van der Waals surface area contributed by atoms with Crippen LogP contribution >= 0.6 is 0 Å². The van der Waals surface area contributed by atoms with Gasteiger partial charge in [-0.1, -0.05) is 5.16 Å². The number of rotatable bonds is 5. The Balaban J connectivity index is 1.69. The molecule has 1 amide bonds. The SMILES string of the molecule is Cc1cc(-c2c(F)cc(N3CC(C)OC(C)C3)cc2CNC(=O)c2cc(C)on2)ccn1. The number of benzene rings is 1. The number of aryl methyl sites for hydroxylation is 2. The number of hydrogen-bond donors (Lipinski definition) is 1. The summed E-state index contributed by atoms with van der Waals surface area (Å²) in [5.41, 5.74) is 3.58. The first-order chi connectivity index (χ1) is 15.3. The number of aromatic nitrogens is 2. The molecule has 32 heavy (non-hydrogen) atoms. The van der Waals surface area contributed by atoms with Gasteiger partial charge in [0.25, 0.3) is 5.91 Å². The summed E-state index contributed by atoms with van der Waals surface area (Å²) in [5, 5.41) is 6.60. The maximum Gasteiger partial charge on any atom is 0.273 e. The summed E-state index contributed by atoms with van der Waals surface area (Å²) in [7, 11) is 0. The van der Waals surface area contributed by atoms with E-state index in [9.17, 15) is 4.79 Å². The molecule has 0 bridgehead atoms. The van der Waals surface area contributed by atoms with Crippen molar-refractivity contribution in [2.75, 3.05) is 18.0 Å². The normalized spacial score (nSPS) is 18.6. The number of halogens is 1. The Morgan fingerprint density at radius 1 is 1.19 bits per heavy atom. The predicted octanol–water partition coefficient (Wildman–Crippen LogP) is 4.04. The zero-order valence-electron chi connectivity index (χ0n) is 18.7. The van der Waals surface area contributed by atoms with Gasteiger partial charge < -0.3 is 19.5 Å².